The maximum absolute atomic E-state index is 4.72. The van der Waals surface area contributed by atoms with E-state index in [1.54, 1.807) is 18.4 Å². The van der Waals surface area contributed by atoms with Gasteiger partial charge in [0, 0.05) is 24.4 Å². The molecule has 0 saturated heterocycles. The van der Waals surface area contributed by atoms with Crippen LogP contribution >= 0.6 is 11.3 Å². The predicted octanol–water partition coefficient (Wildman–Crippen LogP) is 2.54. The topological polar surface area (TPSA) is 80.0 Å². The third kappa shape index (κ3) is 4.18. The highest BCUT2D eigenvalue weighted by Crippen LogP contribution is 2.24. The molecule has 3 rings (SSSR count). The standard InChI is InChI=1S/C17H27N7S/c1-11-20-15-12(7-6-8-24(15)23-11)21-16(18-5)19-9-14-22-13(10-25-14)17(2,3)4/h10,12H,6-9H2,1-5H3,(H2,18,19,21). The minimum atomic E-state index is 0.0821. The van der Waals surface area contributed by atoms with Crippen LogP contribution in [-0.4, -0.2) is 32.8 Å². The van der Waals surface area contributed by atoms with Gasteiger partial charge in [0.15, 0.2) is 5.96 Å². The molecule has 0 radical (unpaired) electrons. The molecule has 0 fully saturated rings. The zero-order valence-electron chi connectivity index (χ0n) is 15.6. The van der Waals surface area contributed by atoms with Gasteiger partial charge in [-0.15, -0.1) is 11.3 Å². The van der Waals surface area contributed by atoms with E-state index in [2.05, 4.69) is 51.9 Å². The van der Waals surface area contributed by atoms with E-state index in [0.717, 1.165) is 47.7 Å². The van der Waals surface area contributed by atoms with Crippen molar-refractivity contribution in [1.29, 1.82) is 0 Å². The van der Waals surface area contributed by atoms with Crippen LogP contribution in [0.1, 0.15) is 62.0 Å². The Balaban J connectivity index is 1.62. The van der Waals surface area contributed by atoms with E-state index >= 15 is 0 Å². The zero-order chi connectivity index (χ0) is 18.0. The van der Waals surface area contributed by atoms with Crippen LogP contribution in [-0.2, 0) is 18.5 Å². The lowest BCUT2D eigenvalue weighted by molar-refractivity contribution is 0.397. The second-order valence-corrected chi connectivity index (χ2v) is 8.32. The number of rotatable bonds is 3. The zero-order valence-corrected chi connectivity index (χ0v) is 16.4. The summed E-state index contributed by atoms with van der Waals surface area (Å²) in [5.74, 6) is 2.59. The minimum absolute atomic E-state index is 0.0821. The van der Waals surface area contributed by atoms with E-state index in [4.69, 9.17) is 4.98 Å². The van der Waals surface area contributed by atoms with E-state index in [1.807, 2.05) is 11.6 Å². The molecule has 1 aliphatic heterocycles. The van der Waals surface area contributed by atoms with Gasteiger partial charge in [-0.25, -0.2) is 14.6 Å². The largest absolute Gasteiger partial charge is 0.350 e. The van der Waals surface area contributed by atoms with Gasteiger partial charge in [0.2, 0.25) is 0 Å². The van der Waals surface area contributed by atoms with Crippen LogP contribution in [0, 0.1) is 6.92 Å². The predicted molar refractivity (Wildman–Crippen MR) is 101 cm³/mol. The minimum Gasteiger partial charge on any atom is -0.350 e. The first-order valence-corrected chi connectivity index (χ1v) is 9.58. The third-order valence-corrected chi connectivity index (χ3v) is 5.09. The molecular formula is C17H27N7S. The molecule has 1 atom stereocenters. The molecule has 0 spiro atoms. The molecule has 1 aliphatic rings. The first-order valence-electron chi connectivity index (χ1n) is 8.70. The summed E-state index contributed by atoms with van der Waals surface area (Å²) >= 11 is 1.68. The Morgan fingerprint density at radius 3 is 2.88 bits per heavy atom. The van der Waals surface area contributed by atoms with Crippen LogP contribution in [0.3, 0.4) is 0 Å². The van der Waals surface area contributed by atoms with Crippen LogP contribution in [0.25, 0.3) is 0 Å². The summed E-state index contributed by atoms with van der Waals surface area (Å²) in [7, 11) is 1.79. The second-order valence-electron chi connectivity index (χ2n) is 7.38. The van der Waals surface area contributed by atoms with E-state index < -0.39 is 0 Å². The molecule has 7 nitrogen and oxygen atoms in total. The van der Waals surface area contributed by atoms with E-state index in [0.29, 0.717) is 6.54 Å². The Kier molecular flexibility index (Phi) is 5.08. The highest BCUT2D eigenvalue weighted by atomic mass is 32.1. The molecule has 25 heavy (non-hydrogen) atoms. The number of aliphatic imine (C=N–C) groups is 1. The smallest absolute Gasteiger partial charge is 0.191 e. The molecule has 2 aromatic rings. The van der Waals surface area contributed by atoms with Crippen LogP contribution < -0.4 is 10.6 Å². The van der Waals surface area contributed by atoms with Crippen LogP contribution in [0.5, 0.6) is 0 Å². The Labute approximate surface area is 153 Å². The number of nitrogens with zero attached hydrogens (tertiary/aromatic N) is 5. The van der Waals surface area contributed by atoms with E-state index in [1.165, 1.54) is 0 Å². The number of hydrogen-bond acceptors (Lipinski definition) is 5. The summed E-state index contributed by atoms with van der Waals surface area (Å²) in [6.45, 7) is 10.1. The van der Waals surface area contributed by atoms with Crippen molar-refractivity contribution in [3.05, 3.63) is 27.7 Å². The lowest BCUT2D eigenvalue weighted by Crippen LogP contribution is -2.41. The van der Waals surface area contributed by atoms with E-state index in [-0.39, 0.29) is 11.5 Å². The van der Waals surface area contributed by atoms with Gasteiger partial charge in [0.1, 0.15) is 16.7 Å². The van der Waals surface area contributed by atoms with Gasteiger partial charge < -0.3 is 10.6 Å². The van der Waals surface area contributed by atoms with Gasteiger partial charge in [-0.1, -0.05) is 20.8 Å². The third-order valence-electron chi connectivity index (χ3n) is 4.24. The van der Waals surface area contributed by atoms with Gasteiger partial charge >= 0.3 is 0 Å². The Bertz CT molecular complexity index is 753. The van der Waals surface area contributed by atoms with Crippen LogP contribution in [0.2, 0.25) is 0 Å². The number of nitrogens with one attached hydrogen (secondary N) is 2. The Hall–Kier alpha value is -1.96. The summed E-state index contributed by atoms with van der Waals surface area (Å²) in [4.78, 5) is 13.6. The maximum Gasteiger partial charge on any atom is 0.191 e. The maximum atomic E-state index is 4.72. The van der Waals surface area contributed by atoms with E-state index in [9.17, 15) is 0 Å². The first-order chi connectivity index (χ1) is 11.9. The number of fused-ring (bicyclic) bond motifs is 1. The molecule has 0 bridgehead atoms. The highest BCUT2D eigenvalue weighted by Gasteiger charge is 2.24. The molecule has 0 aliphatic carbocycles. The van der Waals surface area contributed by atoms with Crippen molar-refractivity contribution in [3.8, 4) is 0 Å². The highest BCUT2D eigenvalue weighted by molar-refractivity contribution is 7.09. The average molecular weight is 362 g/mol. The van der Waals surface area contributed by atoms with Crippen molar-refractivity contribution >= 4 is 17.3 Å². The fourth-order valence-electron chi connectivity index (χ4n) is 2.86. The molecule has 2 N–H and O–H groups in total. The molecule has 1 unspecified atom stereocenters. The van der Waals surface area contributed by atoms with Crippen LogP contribution in [0.15, 0.2) is 10.4 Å². The van der Waals surface area contributed by atoms with Crippen LogP contribution in [0.4, 0.5) is 0 Å². The lowest BCUT2D eigenvalue weighted by Gasteiger charge is -2.24. The molecule has 136 valence electrons. The molecule has 0 saturated carbocycles. The number of guanidine groups is 1. The van der Waals surface area contributed by atoms with Crippen molar-refractivity contribution in [2.75, 3.05) is 7.05 Å². The number of aromatic nitrogens is 4. The van der Waals surface area contributed by atoms with Crippen molar-refractivity contribution in [1.82, 2.24) is 30.4 Å². The second kappa shape index (κ2) is 7.11. The van der Waals surface area contributed by atoms with Crippen molar-refractivity contribution in [3.63, 3.8) is 0 Å². The fraction of sp³-hybridized carbons (Fsp3) is 0.647. The molecule has 0 amide bonds. The quantitative estimate of drug-likeness (QED) is 0.649. The van der Waals surface area contributed by atoms with Gasteiger partial charge in [-0.05, 0) is 19.8 Å². The van der Waals surface area contributed by atoms with Gasteiger partial charge in [0.05, 0.1) is 18.3 Å². The number of hydrogen-bond donors (Lipinski definition) is 2. The summed E-state index contributed by atoms with van der Waals surface area (Å²) in [6, 6.07) is 0.141. The molecular weight excluding hydrogens is 334 g/mol. The molecule has 2 aromatic heterocycles. The Morgan fingerprint density at radius 2 is 2.20 bits per heavy atom. The van der Waals surface area contributed by atoms with Crippen molar-refractivity contribution in [2.24, 2.45) is 4.99 Å². The number of thiazole rings is 1. The average Bonchev–Trinajstić information content (AvgIpc) is 3.17. The number of aryl methyl sites for hydroxylation is 2. The summed E-state index contributed by atoms with van der Waals surface area (Å²) in [5, 5.41) is 14.5. The molecule has 3 heterocycles. The lowest BCUT2D eigenvalue weighted by atomic mass is 9.93. The van der Waals surface area contributed by atoms with Gasteiger partial charge in [-0.2, -0.15) is 5.10 Å². The summed E-state index contributed by atoms with van der Waals surface area (Å²) in [6.07, 6.45) is 2.12. The summed E-state index contributed by atoms with van der Waals surface area (Å²) in [5.41, 5.74) is 1.21. The first kappa shape index (κ1) is 17.8. The normalized spacial score (nSPS) is 18.1. The summed E-state index contributed by atoms with van der Waals surface area (Å²) < 4.78 is 2.00. The monoisotopic (exact) mass is 361 g/mol. The molecule has 0 aromatic carbocycles. The van der Waals surface area contributed by atoms with Crippen molar-refractivity contribution < 1.29 is 0 Å². The molecule has 8 heteroatoms. The Morgan fingerprint density at radius 1 is 1.40 bits per heavy atom. The van der Waals surface area contributed by atoms with Gasteiger partial charge in [-0.3, -0.25) is 4.99 Å². The SMILES string of the molecule is CN=C(NCc1nc(C(C)(C)C)cs1)NC1CCCn2nc(C)nc21. The van der Waals surface area contributed by atoms with Gasteiger partial charge in [0.25, 0.3) is 0 Å². The van der Waals surface area contributed by atoms with Crippen molar-refractivity contribution in [2.45, 2.75) is 65.1 Å². The fourth-order valence-corrected chi connectivity index (χ4v) is 3.82.